The van der Waals surface area contributed by atoms with Crippen LogP contribution in [0.2, 0.25) is 0 Å². The van der Waals surface area contributed by atoms with E-state index in [1.807, 2.05) is 36.6 Å². The Morgan fingerprint density at radius 3 is 3.00 bits per heavy atom. The van der Waals surface area contributed by atoms with Gasteiger partial charge in [-0.3, -0.25) is 0 Å². The first-order valence-corrected chi connectivity index (χ1v) is 7.47. The maximum absolute atomic E-state index is 5.76. The zero-order valence-corrected chi connectivity index (χ0v) is 12.0. The molecule has 19 heavy (non-hydrogen) atoms. The van der Waals surface area contributed by atoms with Crippen LogP contribution in [0.4, 0.5) is 0 Å². The molecule has 0 aliphatic rings. The van der Waals surface area contributed by atoms with E-state index < -0.39 is 0 Å². The van der Waals surface area contributed by atoms with Crippen LogP contribution in [0.15, 0.2) is 39.8 Å². The third-order valence-corrected chi connectivity index (χ3v) is 3.38. The lowest BCUT2D eigenvalue weighted by Crippen LogP contribution is -2.11. The van der Waals surface area contributed by atoms with Gasteiger partial charge in [-0.2, -0.15) is 0 Å². The molecule has 0 unspecified atom stereocenters. The van der Waals surface area contributed by atoms with Gasteiger partial charge in [0, 0.05) is 17.5 Å². The lowest BCUT2D eigenvalue weighted by atomic mass is 10.3. The first-order valence-electron chi connectivity index (χ1n) is 6.24. The average Bonchev–Trinajstić information content (AvgIpc) is 2.91. The van der Waals surface area contributed by atoms with Crippen molar-refractivity contribution in [1.82, 2.24) is 10.5 Å². The molecule has 102 valence electrons. The molecule has 1 aromatic carbocycles. The van der Waals surface area contributed by atoms with Crippen molar-refractivity contribution in [2.75, 3.05) is 12.8 Å². The van der Waals surface area contributed by atoms with Gasteiger partial charge in [-0.05, 0) is 24.9 Å². The quantitative estimate of drug-likeness (QED) is 0.789. The van der Waals surface area contributed by atoms with E-state index in [1.54, 1.807) is 11.8 Å². The summed E-state index contributed by atoms with van der Waals surface area (Å²) < 4.78 is 11.0. The number of thioether (sulfide) groups is 1. The van der Waals surface area contributed by atoms with E-state index in [9.17, 15) is 0 Å². The molecular formula is C14H18N2O2S. The number of hydrogen-bond acceptors (Lipinski definition) is 5. The number of ether oxygens (including phenoxy) is 1. The van der Waals surface area contributed by atoms with E-state index in [2.05, 4.69) is 17.4 Å². The molecule has 2 aromatic rings. The lowest BCUT2D eigenvalue weighted by Gasteiger charge is -2.07. The third-order valence-electron chi connectivity index (χ3n) is 2.60. The summed E-state index contributed by atoms with van der Waals surface area (Å²) in [5.74, 6) is 1.61. The summed E-state index contributed by atoms with van der Waals surface area (Å²) in [4.78, 5) is 1.12. The van der Waals surface area contributed by atoms with Crippen LogP contribution in [0.25, 0.3) is 0 Å². The van der Waals surface area contributed by atoms with Crippen molar-refractivity contribution < 1.29 is 9.26 Å². The van der Waals surface area contributed by atoms with Gasteiger partial charge in [0.1, 0.15) is 12.4 Å². The Kier molecular flexibility index (Phi) is 5.30. The summed E-state index contributed by atoms with van der Waals surface area (Å²) in [6.45, 7) is 4.10. The van der Waals surface area contributed by atoms with Gasteiger partial charge in [0.2, 0.25) is 0 Å². The second-order valence-corrected chi connectivity index (χ2v) is 4.85. The zero-order chi connectivity index (χ0) is 13.5. The monoisotopic (exact) mass is 278 g/mol. The molecule has 5 heteroatoms. The molecule has 4 nitrogen and oxygen atoms in total. The van der Waals surface area contributed by atoms with E-state index in [0.717, 1.165) is 35.2 Å². The predicted octanol–water partition coefficient (Wildman–Crippen LogP) is 3.09. The molecule has 0 aliphatic heterocycles. The zero-order valence-electron chi connectivity index (χ0n) is 11.2. The van der Waals surface area contributed by atoms with Gasteiger partial charge in [0.05, 0.1) is 5.69 Å². The molecule has 0 amide bonds. The highest BCUT2D eigenvalue weighted by atomic mass is 32.2. The fourth-order valence-corrected chi connectivity index (χ4v) is 2.19. The SMILES string of the molecule is CCNCc1cc(COc2ccccc2SC)on1. The van der Waals surface area contributed by atoms with Crippen LogP contribution >= 0.6 is 11.8 Å². The molecule has 1 aromatic heterocycles. The van der Waals surface area contributed by atoms with Crippen molar-refractivity contribution in [2.24, 2.45) is 0 Å². The molecule has 1 N–H and O–H groups in total. The number of aromatic nitrogens is 1. The first kappa shape index (κ1) is 14.0. The second kappa shape index (κ2) is 7.21. The molecule has 0 fully saturated rings. The Morgan fingerprint density at radius 2 is 2.21 bits per heavy atom. The number of benzene rings is 1. The highest BCUT2D eigenvalue weighted by Gasteiger charge is 2.06. The molecule has 0 bridgehead atoms. The molecule has 0 radical (unpaired) electrons. The molecular weight excluding hydrogens is 260 g/mol. The summed E-state index contributed by atoms with van der Waals surface area (Å²) >= 11 is 1.67. The highest BCUT2D eigenvalue weighted by molar-refractivity contribution is 7.98. The Hall–Kier alpha value is -1.46. The standard InChI is InChI=1S/C14H18N2O2S/c1-3-15-9-11-8-12(18-16-11)10-17-13-6-4-5-7-14(13)19-2/h4-8,15H,3,9-10H2,1-2H3. The number of nitrogens with zero attached hydrogens (tertiary/aromatic N) is 1. The van der Waals surface area contributed by atoms with Gasteiger partial charge in [-0.1, -0.05) is 24.2 Å². The van der Waals surface area contributed by atoms with Crippen molar-refractivity contribution >= 4 is 11.8 Å². The van der Waals surface area contributed by atoms with Gasteiger partial charge in [0.25, 0.3) is 0 Å². The van der Waals surface area contributed by atoms with Crippen LogP contribution in [0.5, 0.6) is 5.75 Å². The summed E-state index contributed by atoms with van der Waals surface area (Å²) in [6.07, 6.45) is 2.03. The fraction of sp³-hybridized carbons (Fsp3) is 0.357. The van der Waals surface area contributed by atoms with Crippen molar-refractivity contribution in [3.05, 3.63) is 41.8 Å². The first-order chi connectivity index (χ1) is 9.33. The van der Waals surface area contributed by atoms with Crippen LogP contribution in [0, 0.1) is 0 Å². The maximum Gasteiger partial charge on any atom is 0.174 e. The Balaban J connectivity index is 1.93. The molecule has 2 rings (SSSR count). The number of rotatable bonds is 7. The van der Waals surface area contributed by atoms with E-state index in [4.69, 9.17) is 9.26 Å². The van der Waals surface area contributed by atoms with Crippen LogP contribution < -0.4 is 10.1 Å². The fourth-order valence-electron chi connectivity index (χ4n) is 1.65. The lowest BCUT2D eigenvalue weighted by molar-refractivity contribution is 0.244. The smallest absolute Gasteiger partial charge is 0.174 e. The number of para-hydroxylation sites is 1. The van der Waals surface area contributed by atoms with Crippen molar-refractivity contribution in [2.45, 2.75) is 25.0 Å². The molecule has 0 aliphatic carbocycles. The molecule has 0 spiro atoms. The summed E-state index contributed by atoms with van der Waals surface area (Å²) in [5.41, 5.74) is 0.901. The molecule has 0 atom stereocenters. The second-order valence-electron chi connectivity index (χ2n) is 4.00. The summed E-state index contributed by atoms with van der Waals surface area (Å²) in [6, 6.07) is 9.89. The molecule has 0 saturated heterocycles. The summed E-state index contributed by atoms with van der Waals surface area (Å²) in [5, 5.41) is 7.19. The third kappa shape index (κ3) is 4.01. The van der Waals surface area contributed by atoms with Crippen LogP contribution in [0.3, 0.4) is 0 Å². The van der Waals surface area contributed by atoms with Crippen molar-refractivity contribution in [3.8, 4) is 5.75 Å². The minimum Gasteiger partial charge on any atom is -0.484 e. The van der Waals surface area contributed by atoms with Crippen LogP contribution in [-0.2, 0) is 13.2 Å². The van der Waals surface area contributed by atoms with Gasteiger partial charge >= 0.3 is 0 Å². The van der Waals surface area contributed by atoms with Crippen LogP contribution in [-0.4, -0.2) is 18.0 Å². The average molecular weight is 278 g/mol. The topological polar surface area (TPSA) is 47.3 Å². The predicted molar refractivity (Wildman–Crippen MR) is 76.4 cm³/mol. The van der Waals surface area contributed by atoms with Gasteiger partial charge in [-0.15, -0.1) is 11.8 Å². The Morgan fingerprint density at radius 1 is 1.37 bits per heavy atom. The highest BCUT2D eigenvalue weighted by Crippen LogP contribution is 2.27. The summed E-state index contributed by atoms with van der Waals surface area (Å²) in [7, 11) is 0. The van der Waals surface area contributed by atoms with Crippen molar-refractivity contribution in [1.29, 1.82) is 0 Å². The van der Waals surface area contributed by atoms with E-state index in [1.165, 1.54) is 0 Å². The largest absolute Gasteiger partial charge is 0.484 e. The molecule has 1 heterocycles. The van der Waals surface area contributed by atoms with Gasteiger partial charge in [-0.25, -0.2) is 0 Å². The minimum absolute atomic E-state index is 0.400. The van der Waals surface area contributed by atoms with Crippen molar-refractivity contribution in [3.63, 3.8) is 0 Å². The minimum atomic E-state index is 0.400. The van der Waals surface area contributed by atoms with Gasteiger partial charge in [0.15, 0.2) is 5.76 Å². The Labute approximate surface area is 117 Å². The Bertz CT molecular complexity index is 514. The van der Waals surface area contributed by atoms with E-state index in [-0.39, 0.29) is 0 Å². The normalized spacial score (nSPS) is 10.6. The van der Waals surface area contributed by atoms with E-state index in [0.29, 0.717) is 6.61 Å². The van der Waals surface area contributed by atoms with Crippen LogP contribution in [0.1, 0.15) is 18.4 Å². The number of hydrogen-bond donors (Lipinski definition) is 1. The molecule has 0 saturated carbocycles. The van der Waals surface area contributed by atoms with Gasteiger partial charge < -0.3 is 14.6 Å². The van der Waals surface area contributed by atoms with E-state index >= 15 is 0 Å². The maximum atomic E-state index is 5.76. The number of nitrogens with one attached hydrogen (secondary N) is 1.